The molecule has 0 aliphatic heterocycles. The van der Waals surface area contributed by atoms with E-state index in [1.54, 1.807) is 78.1 Å². The molecule has 0 atom stereocenters. The topological polar surface area (TPSA) is 128 Å². The Morgan fingerprint density at radius 3 is 2.26 bits per heavy atom. The zero-order chi connectivity index (χ0) is 30.2. The van der Waals surface area contributed by atoms with Gasteiger partial charge in [0.05, 0.1) is 17.7 Å². The van der Waals surface area contributed by atoms with E-state index in [1.807, 2.05) is 29.0 Å². The summed E-state index contributed by atoms with van der Waals surface area (Å²) in [5, 5.41) is 13.5. The van der Waals surface area contributed by atoms with Crippen molar-refractivity contribution in [3.8, 4) is 17.2 Å². The summed E-state index contributed by atoms with van der Waals surface area (Å²) < 4.78 is 9.42. The standard InChI is InChI=1S/C32H34N8O3/c1-32(2,3)28-21-29(37-31(42)36-24-7-11-26(12-8-24)43-27-13-16-33-17-14-27)40(38-28)25-9-5-23(6-10-25)30(41)35-15-4-19-39-20-18-34-22-39/h5-14,16-18,20-22H,4,15,19H2,1-3H3,(H,35,41)(H2,36,37,42). The van der Waals surface area contributed by atoms with Crippen molar-refractivity contribution >= 4 is 23.4 Å². The number of hydrogen-bond donors (Lipinski definition) is 3. The minimum Gasteiger partial charge on any atom is -0.457 e. The van der Waals surface area contributed by atoms with Crippen LogP contribution >= 0.6 is 0 Å². The summed E-state index contributed by atoms with van der Waals surface area (Å²) in [4.78, 5) is 33.6. The Kier molecular flexibility index (Phi) is 8.80. The van der Waals surface area contributed by atoms with Crippen molar-refractivity contribution in [1.29, 1.82) is 0 Å². The number of carbonyl (C=O) groups excluding carboxylic acids is 2. The number of rotatable bonds is 10. The van der Waals surface area contributed by atoms with E-state index in [1.165, 1.54) is 0 Å². The van der Waals surface area contributed by atoms with E-state index in [-0.39, 0.29) is 11.3 Å². The molecule has 11 heteroatoms. The Labute approximate surface area is 249 Å². The third-order valence-corrected chi connectivity index (χ3v) is 6.53. The quantitative estimate of drug-likeness (QED) is 0.174. The number of urea groups is 1. The van der Waals surface area contributed by atoms with Gasteiger partial charge in [0, 0.05) is 60.6 Å². The van der Waals surface area contributed by atoms with E-state index in [0.29, 0.717) is 40.8 Å². The van der Waals surface area contributed by atoms with Gasteiger partial charge in [0.1, 0.15) is 17.3 Å². The molecule has 3 heterocycles. The molecule has 0 aliphatic carbocycles. The minimum absolute atomic E-state index is 0.150. The van der Waals surface area contributed by atoms with Gasteiger partial charge in [-0.1, -0.05) is 20.8 Å². The Hall–Kier alpha value is -5.45. The highest BCUT2D eigenvalue weighted by Crippen LogP contribution is 2.27. The van der Waals surface area contributed by atoms with Crippen molar-refractivity contribution in [2.75, 3.05) is 17.2 Å². The van der Waals surface area contributed by atoms with Gasteiger partial charge in [-0.15, -0.1) is 0 Å². The molecule has 5 aromatic rings. The van der Waals surface area contributed by atoms with Gasteiger partial charge in [-0.2, -0.15) is 5.10 Å². The lowest BCUT2D eigenvalue weighted by Crippen LogP contribution is -2.25. The zero-order valence-electron chi connectivity index (χ0n) is 24.3. The normalized spacial score (nSPS) is 11.1. The van der Waals surface area contributed by atoms with Crippen LogP contribution in [-0.2, 0) is 12.0 Å². The number of nitrogens with one attached hydrogen (secondary N) is 3. The van der Waals surface area contributed by atoms with E-state index in [2.05, 4.69) is 46.7 Å². The zero-order valence-corrected chi connectivity index (χ0v) is 24.3. The molecule has 0 unspecified atom stereocenters. The molecular formula is C32H34N8O3. The first-order valence-electron chi connectivity index (χ1n) is 14.0. The first kappa shape index (κ1) is 29.1. The van der Waals surface area contributed by atoms with Crippen molar-refractivity contribution in [3.63, 3.8) is 0 Å². The Balaban J connectivity index is 1.23. The third-order valence-electron chi connectivity index (χ3n) is 6.53. The highest BCUT2D eigenvalue weighted by Gasteiger charge is 2.22. The van der Waals surface area contributed by atoms with Gasteiger partial charge in [0.25, 0.3) is 5.91 Å². The monoisotopic (exact) mass is 578 g/mol. The molecule has 43 heavy (non-hydrogen) atoms. The summed E-state index contributed by atoms with van der Waals surface area (Å²) >= 11 is 0. The number of nitrogens with zero attached hydrogens (tertiary/aromatic N) is 5. The molecule has 3 amide bonds. The van der Waals surface area contributed by atoms with Crippen molar-refractivity contribution in [2.24, 2.45) is 0 Å². The molecule has 11 nitrogen and oxygen atoms in total. The van der Waals surface area contributed by atoms with E-state index in [0.717, 1.165) is 18.7 Å². The average molecular weight is 579 g/mol. The second-order valence-electron chi connectivity index (χ2n) is 10.9. The largest absolute Gasteiger partial charge is 0.457 e. The molecule has 0 fully saturated rings. The number of pyridine rings is 1. The molecule has 220 valence electrons. The number of anilines is 2. The second-order valence-corrected chi connectivity index (χ2v) is 10.9. The summed E-state index contributed by atoms with van der Waals surface area (Å²) in [6.07, 6.45) is 9.49. The smallest absolute Gasteiger partial charge is 0.324 e. The van der Waals surface area contributed by atoms with Crippen molar-refractivity contribution in [1.82, 2.24) is 29.6 Å². The molecule has 0 spiro atoms. The van der Waals surface area contributed by atoms with Gasteiger partial charge in [0.15, 0.2) is 0 Å². The Bertz CT molecular complexity index is 1640. The Morgan fingerprint density at radius 2 is 1.58 bits per heavy atom. The maximum absolute atomic E-state index is 13.0. The summed E-state index contributed by atoms with van der Waals surface area (Å²) in [7, 11) is 0. The van der Waals surface area contributed by atoms with Gasteiger partial charge >= 0.3 is 6.03 Å². The molecule has 0 bridgehead atoms. The fourth-order valence-corrected chi connectivity index (χ4v) is 4.20. The van der Waals surface area contributed by atoms with Crippen LogP contribution in [0, 0.1) is 0 Å². The molecule has 5 rings (SSSR count). The average Bonchev–Trinajstić information content (AvgIpc) is 3.67. The molecule has 2 aromatic carbocycles. The minimum atomic E-state index is -0.420. The summed E-state index contributed by atoms with van der Waals surface area (Å²) in [5.74, 6) is 1.66. The summed E-state index contributed by atoms with van der Waals surface area (Å²) in [5.41, 5.74) is 2.40. The molecule has 0 saturated carbocycles. The van der Waals surface area contributed by atoms with E-state index >= 15 is 0 Å². The van der Waals surface area contributed by atoms with Gasteiger partial charge in [-0.3, -0.25) is 15.1 Å². The van der Waals surface area contributed by atoms with E-state index in [4.69, 9.17) is 9.84 Å². The van der Waals surface area contributed by atoms with Gasteiger partial charge in [-0.05, 0) is 67.1 Å². The number of amides is 3. The number of carbonyl (C=O) groups is 2. The fourth-order valence-electron chi connectivity index (χ4n) is 4.20. The number of imidazole rings is 1. The predicted octanol–water partition coefficient (Wildman–Crippen LogP) is 6.02. The molecular weight excluding hydrogens is 544 g/mol. The van der Waals surface area contributed by atoms with Crippen LogP contribution in [0.1, 0.15) is 43.2 Å². The van der Waals surface area contributed by atoms with Crippen LogP contribution in [0.3, 0.4) is 0 Å². The fraction of sp³-hybridized carbons (Fsp3) is 0.219. The first-order chi connectivity index (χ1) is 20.7. The highest BCUT2D eigenvalue weighted by atomic mass is 16.5. The molecule has 3 aromatic heterocycles. The number of benzene rings is 2. The molecule has 0 saturated heterocycles. The molecule has 3 N–H and O–H groups in total. The van der Waals surface area contributed by atoms with Crippen molar-refractivity contribution in [3.05, 3.63) is 109 Å². The number of aryl methyl sites for hydroxylation is 1. The highest BCUT2D eigenvalue weighted by molar-refractivity contribution is 5.99. The Morgan fingerprint density at radius 1 is 0.860 bits per heavy atom. The lowest BCUT2D eigenvalue weighted by Gasteiger charge is -2.14. The predicted molar refractivity (Wildman–Crippen MR) is 165 cm³/mol. The van der Waals surface area contributed by atoms with E-state index < -0.39 is 6.03 Å². The lowest BCUT2D eigenvalue weighted by molar-refractivity contribution is 0.0952. The summed E-state index contributed by atoms with van der Waals surface area (Å²) in [6.45, 7) is 7.50. The maximum atomic E-state index is 13.0. The maximum Gasteiger partial charge on any atom is 0.324 e. The van der Waals surface area contributed by atoms with Gasteiger partial charge in [0.2, 0.25) is 0 Å². The molecule has 0 radical (unpaired) electrons. The van der Waals surface area contributed by atoms with Crippen LogP contribution in [0.15, 0.2) is 97.8 Å². The number of ether oxygens (including phenoxy) is 1. The van der Waals surface area contributed by atoms with Crippen LogP contribution in [0.25, 0.3) is 5.69 Å². The van der Waals surface area contributed by atoms with Crippen molar-refractivity contribution in [2.45, 2.75) is 39.2 Å². The van der Waals surface area contributed by atoms with Gasteiger partial charge in [-0.25, -0.2) is 14.5 Å². The van der Waals surface area contributed by atoms with Crippen molar-refractivity contribution < 1.29 is 14.3 Å². The summed E-state index contributed by atoms with van der Waals surface area (Å²) in [6, 6.07) is 19.1. The second kappa shape index (κ2) is 13.0. The van der Waals surface area contributed by atoms with Crippen LogP contribution in [0.5, 0.6) is 11.5 Å². The van der Waals surface area contributed by atoms with Crippen LogP contribution < -0.4 is 20.7 Å². The van der Waals surface area contributed by atoms with Gasteiger partial charge < -0.3 is 19.9 Å². The SMILES string of the molecule is CC(C)(C)c1cc(NC(=O)Nc2ccc(Oc3ccncc3)cc2)n(-c2ccc(C(=O)NCCCn3ccnc3)cc2)n1. The van der Waals surface area contributed by atoms with Crippen LogP contribution in [0.4, 0.5) is 16.3 Å². The number of aromatic nitrogens is 5. The van der Waals surface area contributed by atoms with Crippen LogP contribution in [-0.4, -0.2) is 42.8 Å². The van der Waals surface area contributed by atoms with Crippen LogP contribution in [0.2, 0.25) is 0 Å². The van der Waals surface area contributed by atoms with E-state index in [9.17, 15) is 9.59 Å². The first-order valence-corrected chi connectivity index (χ1v) is 14.0. The third kappa shape index (κ3) is 7.85. The lowest BCUT2D eigenvalue weighted by atomic mass is 9.92. The number of hydrogen-bond acceptors (Lipinski definition) is 6. The molecule has 0 aliphatic rings.